The van der Waals surface area contributed by atoms with Crippen LogP contribution in [0, 0.1) is 6.92 Å². The molecule has 0 N–H and O–H groups in total. The summed E-state index contributed by atoms with van der Waals surface area (Å²) in [5.74, 6) is 0.517. The zero-order valence-electron chi connectivity index (χ0n) is 17.3. The molecule has 0 radical (unpaired) electrons. The van der Waals surface area contributed by atoms with E-state index in [0.29, 0.717) is 38.2 Å². The van der Waals surface area contributed by atoms with Crippen molar-refractivity contribution in [2.45, 2.75) is 13.5 Å². The fourth-order valence-electron chi connectivity index (χ4n) is 3.37. The Hall–Kier alpha value is -3.28. The summed E-state index contributed by atoms with van der Waals surface area (Å²) in [5.41, 5.74) is 3.05. The Morgan fingerprint density at radius 2 is 1.75 bits per heavy atom. The lowest BCUT2D eigenvalue weighted by atomic mass is 10.0. The number of methoxy groups -OCH3 is 1. The minimum atomic E-state index is -0.425. The number of hydrogen-bond acceptors (Lipinski definition) is 5. The van der Waals surface area contributed by atoms with Crippen LogP contribution in [0.25, 0.3) is 6.08 Å². The number of rotatable bonds is 5. The molecule has 0 saturated heterocycles. The Kier molecular flexibility index (Phi) is 6.21. The molecule has 5 nitrogen and oxygen atoms in total. The van der Waals surface area contributed by atoms with Crippen LogP contribution in [0.2, 0.25) is 10.0 Å². The molecule has 0 aromatic heterocycles. The first kappa shape index (κ1) is 21.9. The van der Waals surface area contributed by atoms with Crippen LogP contribution < -0.4 is 9.47 Å². The van der Waals surface area contributed by atoms with Gasteiger partial charge in [0.25, 0.3) is 0 Å². The minimum Gasteiger partial charge on any atom is -0.489 e. The van der Waals surface area contributed by atoms with Gasteiger partial charge in [-0.1, -0.05) is 41.4 Å². The van der Waals surface area contributed by atoms with Gasteiger partial charge in [-0.15, -0.1) is 0 Å². The molecule has 0 amide bonds. The largest absolute Gasteiger partial charge is 0.489 e. The van der Waals surface area contributed by atoms with Crippen molar-refractivity contribution in [3.63, 3.8) is 0 Å². The molecule has 0 spiro atoms. The summed E-state index contributed by atoms with van der Waals surface area (Å²) in [4.78, 5) is 24.5. The molecule has 0 fully saturated rings. The lowest BCUT2D eigenvalue weighted by Crippen LogP contribution is -2.01. The van der Waals surface area contributed by atoms with Crippen molar-refractivity contribution < 1.29 is 23.8 Å². The third kappa shape index (κ3) is 4.35. The van der Waals surface area contributed by atoms with E-state index in [4.69, 9.17) is 37.4 Å². The van der Waals surface area contributed by atoms with Gasteiger partial charge in [-0.05, 0) is 54.5 Å². The number of ketones is 1. The number of fused-ring (bicyclic) bond motifs is 1. The third-order valence-electron chi connectivity index (χ3n) is 5.02. The third-order valence-corrected chi connectivity index (χ3v) is 5.73. The fourth-order valence-corrected chi connectivity index (χ4v) is 3.88. The van der Waals surface area contributed by atoms with E-state index in [1.54, 1.807) is 60.7 Å². The van der Waals surface area contributed by atoms with E-state index in [-0.39, 0.29) is 18.1 Å². The number of halogens is 2. The average molecular weight is 469 g/mol. The Morgan fingerprint density at radius 1 is 1.06 bits per heavy atom. The van der Waals surface area contributed by atoms with E-state index in [2.05, 4.69) is 0 Å². The summed E-state index contributed by atoms with van der Waals surface area (Å²) in [7, 11) is 1.32. The first-order valence-corrected chi connectivity index (χ1v) is 10.5. The predicted molar refractivity (Wildman–Crippen MR) is 123 cm³/mol. The lowest BCUT2D eigenvalue weighted by molar-refractivity contribution is 0.0600. The summed E-state index contributed by atoms with van der Waals surface area (Å²) >= 11 is 12.4. The van der Waals surface area contributed by atoms with Gasteiger partial charge in [-0.3, -0.25) is 4.79 Å². The maximum Gasteiger partial charge on any atom is 0.337 e. The Labute approximate surface area is 195 Å². The van der Waals surface area contributed by atoms with E-state index in [1.165, 1.54) is 7.11 Å². The molecule has 0 bridgehead atoms. The summed E-state index contributed by atoms with van der Waals surface area (Å²) in [6.45, 7) is 2.00. The SMILES string of the molecule is COC(=O)c1ccc(/C=C2\Oc3cc(OCc4c(Cl)cccc4Cl)cc(C)c3C2=O)cc1. The number of ether oxygens (including phenoxy) is 3. The monoisotopic (exact) mass is 468 g/mol. The lowest BCUT2D eigenvalue weighted by Gasteiger charge is -2.11. The second-order valence-electron chi connectivity index (χ2n) is 7.16. The second kappa shape index (κ2) is 9.07. The van der Waals surface area contributed by atoms with Crippen LogP contribution in [0.4, 0.5) is 0 Å². The van der Waals surface area contributed by atoms with Crippen molar-refractivity contribution in [2.75, 3.05) is 7.11 Å². The van der Waals surface area contributed by atoms with Crippen molar-refractivity contribution in [1.82, 2.24) is 0 Å². The number of esters is 1. The van der Waals surface area contributed by atoms with Gasteiger partial charge in [0.15, 0.2) is 5.76 Å². The average Bonchev–Trinajstić information content (AvgIpc) is 3.09. The van der Waals surface area contributed by atoms with Crippen molar-refractivity contribution >= 4 is 41.0 Å². The van der Waals surface area contributed by atoms with Crippen molar-refractivity contribution in [3.05, 3.63) is 98.2 Å². The molecule has 1 aliphatic rings. The van der Waals surface area contributed by atoms with Crippen LogP contribution in [0.15, 0.2) is 60.4 Å². The van der Waals surface area contributed by atoms with Crippen LogP contribution >= 0.6 is 23.2 Å². The maximum absolute atomic E-state index is 12.9. The van der Waals surface area contributed by atoms with Crippen LogP contribution in [0.3, 0.4) is 0 Å². The highest BCUT2D eigenvalue weighted by atomic mass is 35.5. The first-order valence-electron chi connectivity index (χ1n) is 9.70. The number of carbonyl (C=O) groups is 2. The molecule has 0 unspecified atom stereocenters. The molecule has 0 saturated carbocycles. The number of allylic oxidation sites excluding steroid dienone is 1. The highest BCUT2D eigenvalue weighted by Gasteiger charge is 2.30. The summed E-state index contributed by atoms with van der Waals surface area (Å²) in [5, 5.41) is 1.04. The molecular weight excluding hydrogens is 451 g/mol. The van der Waals surface area contributed by atoms with E-state index < -0.39 is 5.97 Å². The van der Waals surface area contributed by atoms with Gasteiger partial charge < -0.3 is 14.2 Å². The Morgan fingerprint density at radius 3 is 2.41 bits per heavy atom. The molecule has 162 valence electrons. The molecule has 0 atom stereocenters. The van der Waals surface area contributed by atoms with Crippen LogP contribution in [0.1, 0.15) is 37.4 Å². The van der Waals surface area contributed by atoms with Crippen molar-refractivity contribution in [2.24, 2.45) is 0 Å². The normalized spacial score (nSPS) is 13.6. The van der Waals surface area contributed by atoms with Crippen molar-refractivity contribution in [1.29, 1.82) is 0 Å². The van der Waals surface area contributed by atoms with Gasteiger partial charge in [0.1, 0.15) is 18.1 Å². The smallest absolute Gasteiger partial charge is 0.337 e. The molecule has 3 aromatic carbocycles. The molecule has 7 heteroatoms. The Balaban J connectivity index is 1.55. The van der Waals surface area contributed by atoms with Crippen LogP contribution in [-0.4, -0.2) is 18.9 Å². The number of aryl methyl sites for hydroxylation is 1. The van der Waals surface area contributed by atoms with Gasteiger partial charge in [0, 0.05) is 21.7 Å². The number of hydrogen-bond donors (Lipinski definition) is 0. The number of carbonyl (C=O) groups excluding carboxylic acids is 2. The molecule has 32 heavy (non-hydrogen) atoms. The quantitative estimate of drug-likeness (QED) is 0.325. The van der Waals surface area contributed by atoms with E-state index >= 15 is 0 Å². The molecule has 1 aliphatic heterocycles. The predicted octanol–water partition coefficient (Wildman–Crippen LogP) is 6.28. The van der Waals surface area contributed by atoms with Gasteiger partial charge in [-0.25, -0.2) is 4.79 Å². The van der Waals surface area contributed by atoms with E-state index in [1.807, 2.05) is 6.92 Å². The van der Waals surface area contributed by atoms with Crippen LogP contribution in [-0.2, 0) is 11.3 Å². The van der Waals surface area contributed by atoms with Gasteiger partial charge in [0.2, 0.25) is 5.78 Å². The minimum absolute atomic E-state index is 0.180. The first-order chi connectivity index (χ1) is 15.4. The summed E-state index contributed by atoms with van der Waals surface area (Å²) in [6, 6.07) is 15.4. The van der Waals surface area contributed by atoms with Crippen LogP contribution in [0.5, 0.6) is 11.5 Å². The molecule has 0 aliphatic carbocycles. The standard InChI is InChI=1S/C25H18Cl2O5/c1-14-10-17(31-13-18-19(26)4-3-5-20(18)27)12-21-23(14)24(28)22(32-21)11-15-6-8-16(9-7-15)25(29)30-2/h3-12H,13H2,1-2H3/b22-11-. The summed E-state index contributed by atoms with van der Waals surface area (Å²) in [6.07, 6.45) is 1.63. The van der Waals surface area contributed by atoms with Gasteiger partial charge in [-0.2, -0.15) is 0 Å². The molecule has 4 rings (SSSR count). The number of benzene rings is 3. The molecule has 1 heterocycles. The van der Waals surface area contributed by atoms with E-state index in [9.17, 15) is 9.59 Å². The zero-order chi connectivity index (χ0) is 22.8. The maximum atomic E-state index is 12.9. The van der Waals surface area contributed by atoms with E-state index in [0.717, 1.165) is 11.1 Å². The molecule has 3 aromatic rings. The second-order valence-corrected chi connectivity index (χ2v) is 7.97. The highest BCUT2D eigenvalue weighted by Crippen LogP contribution is 2.38. The zero-order valence-corrected chi connectivity index (χ0v) is 18.8. The molecular formula is C25H18Cl2O5. The van der Waals surface area contributed by atoms with Crippen molar-refractivity contribution in [3.8, 4) is 11.5 Å². The van der Waals surface area contributed by atoms with Gasteiger partial charge >= 0.3 is 5.97 Å². The van der Waals surface area contributed by atoms with Gasteiger partial charge in [0.05, 0.1) is 18.2 Å². The fraction of sp³-hybridized carbons (Fsp3) is 0.120. The topological polar surface area (TPSA) is 61.8 Å². The Bertz CT molecular complexity index is 1230. The highest BCUT2D eigenvalue weighted by molar-refractivity contribution is 6.35. The number of Topliss-reactive ketones (excluding diaryl/α,β-unsaturated/α-hetero) is 1. The summed E-state index contributed by atoms with van der Waals surface area (Å²) < 4.78 is 16.4.